The van der Waals surface area contributed by atoms with E-state index in [4.69, 9.17) is 4.74 Å². The van der Waals surface area contributed by atoms with Crippen LogP contribution in [0.5, 0.6) is 0 Å². The summed E-state index contributed by atoms with van der Waals surface area (Å²) in [5, 5.41) is 6.03. The van der Waals surface area contributed by atoms with E-state index in [0.717, 1.165) is 6.54 Å². The van der Waals surface area contributed by atoms with Gasteiger partial charge in [-0.15, -0.1) is 0 Å². The number of amides is 1. The minimum atomic E-state index is 0.0373. The number of carbonyl (C=O) groups excluding carboxylic acids is 1. The van der Waals surface area contributed by atoms with Gasteiger partial charge in [-0.25, -0.2) is 0 Å². The first-order valence-electron chi connectivity index (χ1n) is 6.43. The number of methoxy groups -OCH3 is 1. The highest BCUT2D eigenvalue weighted by Crippen LogP contribution is 2.07. The number of likely N-dealkylation sites (tertiary alicyclic amines) is 1. The monoisotopic (exact) mass is 243 g/mol. The molecule has 1 amide bonds. The fraction of sp³-hybridized carbons (Fsp3) is 0.917. The molecule has 1 aliphatic heterocycles. The lowest BCUT2D eigenvalue weighted by Crippen LogP contribution is -2.43. The Morgan fingerprint density at radius 3 is 2.76 bits per heavy atom. The smallest absolute Gasteiger partial charge is 0.234 e. The van der Waals surface area contributed by atoms with Gasteiger partial charge in [-0.1, -0.05) is 0 Å². The largest absolute Gasteiger partial charge is 0.383 e. The number of hydrogen-bond donors (Lipinski definition) is 2. The number of ether oxygens (including phenoxy) is 1. The minimum absolute atomic E-state index is 0.0373. The molecule has 1 rings (SSSR count). The number of nitrogens with zero attached hydrogens (tertiary/aromatic N) is 1. The van der Waals surface area contributed by atoms with Gasteiger partial charge in [-0.05, 0) is 32.9 Å². The Hall–Kier alpha value is -0.650. The van der Waals surface area contributed by atoms with Crippen molar-refractivity contribution in [3.63, 3.8) is 0 Å². The first kappa shape index (κ1) is 14.4. The Morgan fingerprint density at radius 2 is 2.12 bits per heavy atom. The average Bonchev–Trinajstić information content (AvgIpc) is 2.79. The highest BCUT2D eigenvalue weighted by Gasteiger charge is 2.14. The van der Waals surface area contributed by atoms with Crippen LogP contribution in [0.3, 0.4) is 0 Å². The van der Waals surface area contributed by atoms with Gasteiger partial charge in [0.25, 0.3) is 0 Å². The molecule has 2 N–H and O–H groups in total. The average molecular weight is 243 g/mol. The van der Waals surface area contributed by atoms with E-state index in [9.17, 15) is 4.79 Å². The van der Waals surface area contributed by atoms with E-state index < -0.39 is 0 Å². The number of hydrogen-bond acceptors (Lipinski definition) is 4. The molecule has 1 heterocycles. The van der Waals surface area contributed by atoms with E-state index in [-0.39, 0.29) is 5.91 Å². The van der Waals surface area contributed by atoms with E-state index in [1.54, 1.807) is 7.11 Å². The van der Waals surface area contributed by atoms with Crippen molar-refractivity contribution in [2.45, 2.75) is 25.8 Å². The molecule has 0 spiro atoms. The summed E-state index contributed by atoms with van der Waals surface area (Å²) in [6, 6.07) is 0.362. The van der Waals surface area contributed by atoms with Gasteiger partial charge >= 0.3 is 0 Å². The molecule has 0 aromatic rings. The highest BCUT2D eigenvalue weighted by atomic mass is 16.5. The van der Waals surface area contributed by atoms with Crippen LogP contribution in [0.25, 0.3) is 0 Å². The topological polar surface area (TPSA) is 53.6 Å². The molecule has 5 heteroatoms. The lowest BCUT2D eigenvalue weighted by atomic mass is 10.3. The Labute approximate surface area is 104 Å². The quantitative estimate of drug-likeness (QED) is 0.581. The van der Waals surface area contributed by atoms with E-state index in [1.165, 1.54) is 25.9 Å². The van der Waals surface area contributed by atoms with Crippen molar-refractivity contribution in [3.05, 3.63) is 0 Å². The van der Waals surface area contributed by atoms with Crippen molar-refractivity contribution in [1.82, 2.24) is 15.5 Å². The van der Waals surface area contributed by atoms with Crippen LogP contribution in [0.4, 0.5) is 0 Å². The first-order chi connectivity index (χ1) is 8.22. The maximum atomic E-state index is 11.4. The third kappa shape index (κ3) is 6.61. The minimum Gasteiger partial charge on any atom is -0.383 e. The van der Waals surface area contributed by atoms with Crippen LogP contribution in [0.1, 0.15) is 19.8 Å². The summed E-state index contributed by atoms with van der Waals surface area (Å²) in [6.45, 7) is 7.09. The number of rotatable bonds is 8. The van der Waals surface area contributed by atoms with E-state index in [0.29, 0.717) is 25.7 Å². The molecule has 1 atom stereocenters. The SMILES string of the molecule is COCCNC(=O)CNC(C)CN1CCCC1. The lowest BCUT2D eigenvalue weighted by molar-refractivity contribution is -0.120. The van der Waals surface area contributed by atoms with Crippen LogP contribution in [-0.4, -0.2) is 63.3 Å². The maximum Gasteiger partial charge on any atom is 0.234 e. The van der Waals surface area contributed by atoms with Crippen molar-refractivity contribution < 1.29 is 9.53 Å². The molecule has 0 aromatic heterocycles. The molecule has 17 heavy (non-hydrogen) atoms. The zero-order valence-electron chi connectivity index (χ0n) is 11.0. The second-order valence-corrected chi connectivity index (χ2v) is 4.63. The summed E-state index contributed by atoms with van der Waals surface area (Å²) in [6.07, 6.45) is 2.62. The van der Waals surface area contributed by atoms with Crippen LogP contribution < -0.4 is 10.6 Å². The summed E-state index contributed by atoms with van der Waals surface area (Å²) in [5.74, 6) is 0.0373. The van der Waals surface area contributed by atoms with Gasteiger partial charge in [0, 0.05) is 26.2 Å². The summed E-state index contributed by atoms with van der Waals surface area (Å²) in [5.41, 5.74) is 0. The molecule has 0 radical (unpaired) electrons. The van der Waals surface area contributed by atoms with Gasteiger partial charge in [0.15, 0.2) is 0 Å². The number of carbonyl (C=O) groups is 1. The normalized spacial score (nSPS) is 18.2. The zero-order valence-corrected chi connectivity index (χ0v) is 11.0. The van der Waals surface area contributed by atoms with E-state index in [1.807, 2.05) is 0 Å². The molecule has 1 unspecified atom stereocenters. The third-order valence-corrected chi connectivity index (χ3v) is 2.97. The molecular formula is C12H25N3O2. The Balaban J connectivity index is 2.01. The first-order valence-corrected chi connectivity index (χ1v) is 6.43. The molecule has 1 saturated heterocycles. The molecule has 0 saturated carbocycles. The predicted octanol–water partition coefficient (Wildman–Crippen LogP) is -0.177. The summed E-state index contributed by atoms with van der Waals surface area (Å²) < 4.78 is 4.86. The van der Waals surface area contributed by atoms with Crippen LogP contribution in [0, 0.1) is 0 Å². The second-order valence-electron chi connectivity index (χ2n) is 4.63. The van der Waals surface area contributed by atoms with Crippen LogP contribution in [0.15, 0.2) is 0 Å². The van der Waals surface area contributed by atoms with Gasteiger partial charge in [-0.3, -0.25) is 4.79 Å². The molecule has 1 aliphatic rings. The van der Waals surface area contributed by atoms with Crippen LogP contribution in [-0.2, 0) is 9.53 Å². The zero-order chi connectivity index (χ0) is 12.5. The lowest BCUT2D eigenvalue weighted by Gasteiger charge is -2.21. The summed E-state index contributed by atoms with van der Waals surface area (Å²) >= 11 is 0. The van der Waals surface area contributed by atoms with E-state index >= 15 is 0 Å². The third-order valence-electron chi connectivity index (χ3n) is 2.97. The van der Waals surface area contributed by atoms with E-state index in [2.05, 4.69) is 22.5 Å². The molecular weight excluding hydrogens is 218 g/mol. The van der Waals surface area contributed by atoms with Crippen molar-refractivity contribution in [2.75, 3.05) is 46.4 Å². The second kappa shape index (κ2) is 8.44. The Kier molecular flexibility index (Phi) is 7.16. The van der Waals surface area contributed by atoms with Crippen molar-refractivity contribution in [2.24, 2.45) is 0 Å². The molecule has 1 fully saturated rings. The van der Waals surface area contributed by atoms with Crippen LogP contribution in [0.2, 0.25) is 0 Å². The maximum absolute atomic E-state index is 11.4. The standard InChI is InChI=1S/C12H25N3O2/c1-11(10-15-6-3-4-7-15)14-9-12(16)13-5-8-17-2/h11,14H,3-10H2,1-2H3,(H,13,16). The summed E-state index contributed by atoms with van der Waals surface area (Å²) in [4.78, 5) is 13.9. The number of nitrogens with one attached hydrogen (secondary N) is 2. The fourth-order valence-corrected chi connectivity index (χ4v) is 2.04. The van der Waals surface area contributed by atoms with Gasteiger partial charge < -0.3 is 20.3 Å². The van der Waals surface area contributed by atoms with Crippen molar-refractivity contribution in [1.29, 1.82) is 0 Å². The van der Waals surface area contributed by atoms with Gasteiger partial charge in [0.1, 0.15) is 0 Å². The molecule has 100 valence electrons. The molecule has 0 aromatic carbocycles. The Morgan fingerprint density at radius 1 is 1.41 bits per heavy atom. The molecule has 5 nitrogen and oxygen atoms in total. The predicted molar refractivity (Wildman–Crippen MR) is 68.0 cm³/mol. The fourth-order valence-electron chi connectivity index (χ4n) is 2.04. The van der Waals surface area contributed by atoms with Crippen molar-refractivity contribution in [3.8, 4) is 0 Å². The molecule has 0 aliphatic carbocycles. The van der Waals surface area contributed by atoms with Gasteiger partial charge in [-0.2, -0.15) is 0 Å². The summed E-state index contributed by atoms with van der Waals surface area (Å²) in [7, 11) is 1.63. The highest BCUT2D eigenvalue weighted by molar-refractivity contribution is 5.77. The Bertz CT molecular complexity index is 218. The van der Waals surface area contributed by atoms with Gasteiger partial charge in [0.05, 0.1) is 13.2 Å². The van der Waals surface area contributed by atoms with Crippen LogP contribution >= 0.6 is 0 Å². The molecule has 0 bridgehead atoms. The van der Waals surface area contributed by atoms with Gasteiger partial charge in [0.2, 0.25) is 5.91 Å². The van der Waals surface area contributed by atoms with Crippen molar-refractivity contribution >= 4 is 5.91 Å².